The van der Waals surface area contributed by atoms with Crippen molar-refractivity contribution >= 4 is 28.5 Å². The van der Waals surface area contributed by atoms with E-state index in [1.807, 2.05) is 42.5 Å². The number of amides is 1. The SMILES string of the molecule is COc1cc(C2=CC3=C(CC2)C(=O)Nc2cc(CCOc4ccc(N5CCOCC5)cc4)ccc2N3)ccc1OCCCN. The zero-order chi connectivity index (χ0) is 30.3. The number of carbonyl (C=O) groups excluding carboxylic acids is 1. The molecule has 230 valence electrons. The van der Waals surface area contributed by atoms with Crippen molar-refractivity contribution in [1.82, 2.24) is 0 Å². The van der Waals surface area contributed by atoms with E-state index in [0.717, 1.165) is 90.7 Å². The monoisotopic (exact) mass is 596 g/mol. The third-order valence-corrected chi connectivity index (χ3v) is 8.18. The van der Waals surface area contributed by atoms with E-state index >= 15 is 0 Å². The van der Waals surface area contributed by atoms with Crippen molar-refractivity contribution in [3.05, 3.63) is 89.1 Å². The van der Waals surface area contributed by atoms with Gasteiger partial charge in [-0.1, -0.05) is 12.1 Å². The maximum Gasteiger partial charge on any atom is 0.253 e. The summed E-state index contributed by atoms with van der Waals surface area (Å²) in [6.07, 6.45) is 4.96. The summed E-state index contributed by atoms with van der Waals surface area (Å²) in [7, 11) is 1.64. The molecule has 0 radical (unpaired) electrons. The van der Waals surface area contributed by atoms with Gasteiger partial charge in [-0.3, -0.25) is 4.79 Å². The van der Waals surface area contributed by atoms with Crippen LogP contribution >= 0.6 is 0 Å². The number of hydrogen-bond donors (Lipinski definition) is 3. The Morgan fingerprint density at radius 3 is 2.52 bits per heavy atom. The first kappa shape index (κ1) is 29.6. The lowest BCUT2D eigenvalue weighted by molar-refractivity contribution is -0.113. The van der Waals surface area contributed by atoms with E-state index in [4.69, 9.17) is 24.7 Å². The smallest absolute Gasteiger partial charge is 0.253 e. The first-order chi connectivity index (χ1) is 21.6. The highest BCUT2D eigenvalue weighted by Crippen LogP contribution is 2.38. The molecule has 9 heteroatoms. The van der Waals surface area contributed by atoms with Crippen molar-refractivity contribution in [1.29, 1.82) is 0 Å². The van der Waals surface area contributed by atoms with Gasteiger partial charge in [0.25, 0.3) is 5.91 Å². The first-order valence-electron chi connectivity index (χ1n) is 15.3. The fourth-order valence-electron chi connectivity index (χ4n) is 5.72. The molecule has 0 saturated carbocycles. The van der Waals surface area contributed by atoms with Crippen LogP contribution in [0.15, 0.2) is 78.0 Å². The Hall–Kier alpha value is -4.47. The molecule has 4 N–H and O–H groups in total. The van der Waals surface area contributed by atoms with Crippen LogP contribution in [0.3, 0.4) is 0 Å². The molecule has 44 heavy (non-hydrogen) atoms. The van der Waals surface area contributed by atoms with E-state index in [1.54, 1.807) is 7.11 Å². The van der Waals surface area contributed by atoms with Crippen LogP contribution in [0.2, 0.25) is 0 Å². The molecule has 3 aromatic carbocycles. The average Bonchev–Trinajstić information content (AvgIpc) is 3.20. The fourth-order valence-corrected chi connectivity index (χ4v) is 5.72. The van der Waals surface area contributed by atoms with E-state index in [9.17, 15) is 4.79 Å². The average molecular weight is 597 g/mol. The van der Waals surface area contributed by atoms with Gasteiger partial charge < -0.3 is 40.2 Å². The highest BCUT2D eigenvalue weighted by atomic mass is 16.5. The second kappa shape index (κ2) is 13.9. The van der Waals surface area contributed by atoms with Gasteiger partial charge >= 0.3 is 0 Å². The molecule has 0 unspecified atom stereocenters. The molecule has 9 nitrogen and oxygen atoms in total. The molecule has 3 aliphatic rings. The Morgan fingerprint density at radius 1 is 0.886 bits per heavy atom. The number of fused-ring (bicyclic) bond motifs is 1. The molecule has 2 aliphatic heterocycles. The largest absolute Gasteiger partial charge is 0.493 e. The van der Waals surface area contributed by atoms with Crippen molar-refractivity contribution in [3.8, 4) is 17.2 Å². The number of ether oxygens (including phenoxy) is 4. The lowest BCUT2D eigenvalue weighted by atomic mass is 9.91. The van der Waals surface area contributed by atoms with Gasteiger partial charge in [0.15, 0.2) is 11.5 Å². The molecule has 1 aliphatic carbocycles. The maximum atomic E-state index is 13.3. The van der Waals surface area contributed by atoms with Gasteiger partial charge in [-0.25, -0.2) is 0 Å². The van der Waals surface area contributed by atoms with E-state index in [2.05, 4.69) is 39.8 Å². The van der Waals surface area contributed by atoms with Crippen LogP contribution in [0, 0.1) is 0 Å². The van der Waals surface area contributed by atoms with E-state index in [0.29, 0.717) is 37.7 Å². The highest BCUT2D eigenvalue weighted by molar-refractivity contribution is 6.09. The van der Waals surface area contributed by atoms with Gasteiger partial charge in [-0.2, -0.15) is 0 Å². The summed E-state index contributed by atoms with van der Waals surface area (Å²) in [6, 6.07) is 20.3. The van der Waals surface area contributed by atoms with Gasteiger partial charge in [0.2, 0.25) is 0 Å². The zero-order valence-electron chi connectivity index (χ0n) is 25.2. The van der Waals surface area contributed by atoms with E-state index < -0.39 is 0 Å². The van der Waals surface area contributed by atoms with Crippen LogP contribution in [0.4, 0.5) is 17.1 Å². The van der Waals surface area contributed by atoms with Gasteiger partial charge in [0.1, 0.15) is 5.75 Å². The number of hydrogen-bond acceptors (Lipinski definition) is 8. The van der Waals surface area contributed by atoms with Crippen LogP contribution in [0.5, 0.6) is 17.2 Å². The third-order valence-electron chi connectivity index (χ3n) is 8.18. The Morgan fingerprint density at radius 2 is 1.73 bits per heavy atom. The van der Waals surface area contributed by atoms with E-state index in [1.165, 1.54) is 5.69 Å². The summed E-state index contributed by atoms with van der Waals surface area (Å²) in [6.45, 7) is 5.02. The number of nitrogens with zero attached hydrogens (tertiary/aromatic N) is 1. The summed E-state index contributed by atoms with van der Waals surface area (Å²) in [5, 5.41) is 6.64. The molecule has 0 aromatic heterocycles. The molecular weight excluding hydrogens is 556 g/mol. The molecule has 0 bridgehead atoms. The van der Waals surface area contributed by atoms with Crippen LogP contribution in [-0.2, 0) is 16.0 Å². The molecule has 1 saturated heterocycles. The lowest BCUT2D eigenvalue weighted by Gasteiger charge is -2.28. The van der Waals surface area contributed by atoms with Crippen molar-refractivity contribution in [2.24, 2.45) is 5.73 Å². The van der Waals surface area contributed by atoms with E-state index in [-0.39, 0.29) is 5.91 Å². The van der Waals surface area contributed by atoms with Crippen molar-refractivity contribution in [2.75, 3.05) is 68.7 Å². The number of morpholine rings is 1. The molecule has 0 spiro atoms. The van der Waals surface area contributed by atoms with Gasteiger partial charge in [0.05, 0.1) is 44.9 Å². The molecule has 2 heterocycles. The van der Waals surface area contributed by atoms with Crippen LogP contribution in [0.1, 0.15) is 30.4 Å². The third kappa shape index (κ3) is 6.85. The van der Waals surface area contributed by atoms with Crippen molar-refractivity contribution in [2.45, 2.75) is 25.7 Å². The first-order valence-corrected chi connectivity index (χ1v) is 15.3. The topological polar surface area (TPSA) is 107 Å². The number of nitrogens with two attached hydrogens (primary N) is 1. The standard InChI is InChI=1S/C35H40N4O5/c1-41-34-23-26(5-12-33(34)44-17-2-14-36)25-4-10-29-31(22-25)37-30-11-3-24(21-32(30)38-35(29)40)13-18-43-28-8-6-27(7-9-28)39-15-19-42-20-16-39/h3,5-9,11-12,21-23,37H,2,4,10,13-20,36H2,1H3,(H,38,40). The maximum absolute atomic E-state index is 13.3. The lowest BCUT2D eigenvalue weighted by Crippen LogP contribution is -2.36. The Kier molecular flexibility index (Phi) is 9.34. The normalized spacial score (nSPS) is 16.2. The number of carbonyl (C=O) groups is 1. The minimum absolute atomic E-state index is 0.0726. The zero-order valence-corrected chi connectivity index (χ0v) is 25.2. The van der Waals surface area contributed by atoms with Crippen LogP contribution < -0.4 is 35.5 Å². The van der Waals surface area contributed by atoms with Crippen molar-refractivity contribution < 1.29 is 23.7 Å². The summed E-state index contributed by atoms with van der Waals surface area (Å²) >= 11 is 0. The fraction of sp³-hybridized carbons (Fsp3) is 0.343. The Labute approximate surface area is 258 Å². The van der Waals surface area contributed by atoms with Crippen molar-refractivity contribution in [3.63, 3.8) is 0 Å². The number of rotatable bonds is 11. The second-order valence-electron chi connectivity index (χ2n) is 11.1. The molecule has 1 fully saturated rings. The van der Waals surface area contributed by atoms with Gasteiger partial charge in [-0.05, 0) is 97.1 Å². The summed E-state index contributed by atoms with van der Waals surface area (Å²) in [5.41, 5.74) is 13.3. The predicted molar refractivity (Wildman–Crippen MR) is 174 cm³/mol. The number of methoxy groups -OCH3 is 1. The minimum atomic E-state index is -0.0726. The molecule has 0 atom stereocenters. The minimum Gasteiger partial charge on any atom is -0.493 e. The molecule has 1 amide bonds. The molecule has 6 rings (SSSR count). The highest BCUT2D eigenvalue weighted by Gasteiger charge is 2.25. The number of benzene rings is 3. The van der Waals surface area contributed by atoms with Crippen LogP contribution in [0.25, 0.3) is 5.57 Å². The number of allylic oxidation sites excluding steroid dienone is 2. The summed E-state index contributed by atoms with van der Waals surface area (Å²) in [5.74, 6) is 2.15. The van der Waals surface area contributed by atoms with Gasteiger partial charge in [0, 0.05) is 36.5 Å². The Balaban J connectivity index is 1.10. The number of anilines is 3. The summed E-state index contributed by atoms with van der Waals surface area (Å²) < 4.78 is 22.9. The predicted octanol–water partition coefficient (Wildman–Crippen LogP) is 5.38. The van der Waals surface area contributed by atoms with Crippen LogP contribution in [-0.4, -0.2) is 59.1 Å². The Bertz CT molecular complexity index is 1540. The van der Waals surface area contributed by atoms with Gasteiger partial charge in [-0.15, -0.1) is 0 Å². The number of nitrogens with one attached hydrogen (secondary N) is 2. The second-order valence-corrected chi connectivity index (χ2v) is 11.1. The molecular formula is C35H40N4O5. The summed E-state index contributed by atoms with van der Waals surface area (Å²) in [4.78, 5) is 15.6. The quantitative estimate of drug-likeness (QED) is 0.254. The molecule has 3 aromatic rings.